The van der Waals surface area contributed by atoms with Crippen LogP contribution in [0.2, 0.25) is 0 Å². The summed E-state index contributed by atoms with van der Waals surface area (Å²) in [5.41, 5.74) is 1.45. The molecule has 3 atom stereocenters. The molecule has 0 spiro atoms. The summed E-state index contributed by atoms with van der Waals surface area (Å²) in [5.74, 6) is 0.793. The Kier molecular flexibility index (Phi) is 6.06. The zero-order valence-electron chi connectivity index (χ0n) is 13.3. The Morgan fingerprint density at radius 1 is 1.25 bits per heavy atom. The van der Waals surface area contributed by atoms with Gasteiger partial charge in [-0.15, -0.1) is 0 Å². The standard InChI is InChI=1S/C18H30N2/c1-4-12-19-15(2)18-11-8-13-20(14-18)16(3)17-9-6-5-7-10-17/h5-7,9-10,15-16,18-19H,4,8,11-14H2,1-3H3. The summed E-state index contributed by atoms with van der Waals surface area (Å²) in [6.45, 7) is 10.6. The molecule has 1 aliphatic heterocycles. The molecule has 0 radical (unpaired) electrons. The summed E-state index contributed by atoms with van der Waals surface area (Å²) in [6, 6.07) is 12.1. The molecule has 0 saturated carbocycles. The molecule has 0 amide bonds. The minimum Gasteiger partial charge on any atom is -0.314 e. The number of likely N-dealkylation sites (tertiary alicyclic amines) is 1. The van der Waals surface area contributed by atoms with Crippen molar-refractivity contribution >= 4 is 0 Å². The third-order valence-corrected chi connectivity index (χ3v) is 4.74. The lowest BCUT2D eigenvalue weighted by Gasteiger charge is -2.39. The number of hydrogen-bond acceptors (Lipinski definition) is 2. The summed E-state index contributed by atoms with van der Waals surface area (Å²) in [7, 11) is 0. The second kappa shape index (κ2) is 7.80. The fourth-order valence-electron chi connectivity index (χ4n) is 3.28. The molecular weight excluding hydrogens is 244 g/mol. The number of nitrogens with zero attached hydrogens (tertiary/aromatic N) is 1. The highest BCUT2D eigenvalue weighted by molar-refractivity contribution is 5.18. The predicted molar refractivity (Wildman–Crippen MR) is 86.9 cm³/mol. The van der Waals surface area contributed by atoms with E-state index >= 15 is 0 Å². The maximum Gasteiger partial charge on any atom is 0.0320 e. The Morgan fingerprint density at radius 2 is 2.00 bits per heavy atom. The zero-order chi connectivity index (χ0) is 14.4. The van der Waals surface area contributed by atoms with Crippen LogP contribution in [-0.2, 0) is 0 Å². The van der Waals surface area contributed by atoms with Gasteiger partial charge < -0.3 is 5.32 Å². The normalized spacial score (nSPS) is 23.4. The van der Waals surface area contributed by atoms with Crippen LogP contribution in [0.5, 0.6) is 0 Å². The molecule has 0 bridgehead atoms. The van der Waals surface area contributed by atoms with Gasteiger partial charge in [0, 0.05) is 18.6 Å². The van der Waals surface area contributed by atoms with Gasteiger partial charge in [-0.1, -0.05) is 37.3 Å². The Balaban J connectivity index is 1.93. The van der Waals surface area contributed by atoms with E-state index in [9.17, 15) is 0 Å². The molecule has 1 fully saturated rings. The van der Waals surface area contributed by atoms with Crippen LogP contribution in [-0.4, -0.2) is 30.6 Å². The highest BCUT2D eigenvalue weighted by Gasteiger charge is 2.27. The van der Waals surface area contributed by atoms with E-state index in [2.05, 4.69) is 61.3 Å². The monoisotopic (exact) mass is 274 g/mol. The van der Waals surface area contributed by atoms with Crippen LogP contribution in [0.15, 0.2) is 30.3 Å². The van der Waals surface area contributed by atoms with Crippen LogP contribution < -0.4 is 5.32 Å². The zero-order valence-corrected chi connectivity index (χ0v) is 13.3. The summed E-state index contributed by atoms with van der Waals surface area (Å²) in [5, 5.41) is 3.67. The number of rotatable bonds is 6. The topological polar surface area (TPSA) is 15.3 Å². The Hall–Kier alpha value is -0.860. The van der Waals surface area contributed by atoms with Crippen LogP contribution in [0.3, 0.4) is 0 Å². The van der Waals surface area contributed by atoms with Crippen molar-refractivity contribution in [3.05, 3.63) is 35.9 Å². The van der Waals surface area contributed by atoms with Crippen LogP contribution in [0.25, 0.3) is 0 Å². The van der Waals surface area contributed by atoms with Crippen molar-refractivity contribution in [1.82, 2.24) is 10.2 Å². The number of benzene rings is 1. The molecule has 0 aliphatic carbocycles. The minimum atomic E-state index is 0.539. The smallest absolute Gasteiger partial charge is 0.0320 e. The molecule has 2 rings (SSSR count). The molecule has 1 aromatic rings. The summed E-state index contributed by atoms with van der Waals surface area (Å²) >= 11 is 0. The van der Waals surface area contributed by atoms with Crippen molar-refractivity contribution in [2.75, 3.05) is 19.6 Å². The quantitative estimate of drug-likeness (QED) is 0.847. The van der Waals surface area contributed by atoms with Gasteiger partial charge in [0.05, 0.1) is 0 Å². The first-order valence-corrected chi connectivity index (χ1v) is 8.24. The first kappa shape index (κ1) is 15.5. The van der Waals surface area contributed by atoms with Gasteiger partial charge in [0.1, 0.15) is 0 Å². The molecule has 20 heavy (non-hydrogen) atoms. The predicted octanol–water partition coefficient (Wildman–Crippen LogP) is 3.85. The lowest BCUT2D eigenvalue weighted by molar-refractivity contribution is 0.114. The molecule has 112 valence electrons. The minimum absolute atomic E-state index is 0.539. The van der Waals surface area contributed by atoms with Crippen LogP contribution in [0.1, 0.15) is 51.6 Å². The van der Waals surface area contributed by atoms with Crippen molar-refractivity contribution in [3.8, 4) is 0 Å². The molecule has 2 heteroatoms. The second-order valence-corrected chi connectivity index (χ2v) is 6.23. The number of hydrogen-bond donors (Lipinski definition) is 1. The highest BCUT2D eigenvalue weighted by atomic mass is 15.2. The van der Waals surface area contributed by atoms with Gasteiger partial charge in [-0.25, -0.2) is 0 Å². The van der Waals surface area contributed by atoms with Gasteiger partial charge in [-0.3, -0.25) is 4.90 Å². The van der Waals surface area contributed by atoms with E-state index < -0.39 is 0 Å². The van der Waals surface area contributed by atoms with Crippen molar-refractivity contribution < 1.29 is 0 Å². The van der Waals surface area contributed by atoms with Crippen LogP contribution in [0.4, 0.5) is 0 Å². The number of piperidine rings is 1. The van der Waals surface area contributed by atoms with Crippen molar-refractivity contribution in [2.45, 2.75) is 52.1 Å². The summed E-state index contributed by atoms with van der Waals surface area (Å²) in [4.78, 5) is 2.66. The molecule has 3 unspecified atom stereocenters. The SMILES string of the molecule is CCCNC(C)C1CCCN(C(C)c2ccccc2)C1. The molecular formula is C18H30N2. The largest absolute Gasteiger partial charge is 0.314 e. The Labute approximate surface area is 124 Å². The molecule has 1 N–H and O–H groups in total. The van der Waals surface area contributed by atoms with Crippen LogP contribution >= 0.6 is 0 Å². The average molecular weight is 274 g/mol. The van der Waals surface area contributed by atoms with E-state index in [1.165, 1.54) is 37.9 Å². The first-order valence-electron chi connectivity index (χ1n) is 8.24. The van der Waals surface area contributed by atoms with E-state index in [4.69, 9.17) is 0 Å². The van der Waals surface area contributed by atoms with E-state index in [1.54, 1.807) is 0 Å². The van der Waals surface area contributed by atoms with Gasteiger partial charge in [-0.05, 0) is 57.7 Å². The third-order valence-electron chi connectivity index (χ3n) is 4.74. The Morgan fingerprint density at radius 3 is 2.70 bits per heavy atom. The first-order chi connectivity index (χ1) is 9.72. The lowest BCUT2D eigenvalue weighted by atomic mass is 9.90. The molecule has 1 heterocycles. The van der Waals surface area contributed by atoms with Crippen molar-refractivity contribution in [3.63, 3.8) is 0 Å². The molecule has 1 aliphatic rings. The van der Waals surface area contributed by atoms with E-state index in [-0.39, 0.29) is 0 Å². The molecule has 0 aromatic heterocycles. The fourth-order valence-corrected chi connectivity index (χ4v) is 3.28. The number of nitrogens with one attached hydrogen (secondary N) is 1. The molecule has 1 saturated heterocycles. The van der Waals surface area contributed by atoms with E-state index in [0.717, 1.165) is 12.5 Å². The summed E-state index contributed by atoms with van der Waals surface area (Å²) in [6.07, 6.45) is 3.93. The average Bonchev–Trinajstić information content (AvgIpc) is 2.52. The molecule has 1 aromatic carbocycles. The van der Waals surface area contributed by atoms with Gasteiger partial charge in [0.2, 0.25) is 0 Å². The maximum absolute atomic E-state index is 3.67. The highest BCUT2D eigenvalue weighted by Crippen LogP contribution is 2.27. The maximum atomic E-state index is 3.67. The van der Waals surface area contributed by atoms with Gasteiger partial charge in [0.25, 0.3) is 0 Å². The van der Waals surface area contributed by atoms with E-state index in [0.29, 0.717) is 12.1 Å². The third kappa shape index (κ3) is 4.07. The van der Waals surface area contributed by atoms with Crippen LogP contribution in [0, 0.1) is 5.92 Å². The Bertz CT molecular complexity index is 376. The molecule has 2 nitrogen and oxygen atoms in total. The second-order valence-electron chi connectivity index (χ2n) is 6.23. The lowest BCUT2D eigenvalue weighted by Crippen LogP contribution is -2.45. The van der Waals surface area contributed by atoms with Gasteiger partial charge in [0.15, 0.2) is 0 Å². The van der Waals surface area contributed by atoms with E-state index in [1.807, 2.05) is 0 Å². The van der Waals surface area contributed by atoms with Crippen molar-refractivity contribution in [1.29, 1.82) is 0 Å². The fraction of sp³-hybridized carbons (Fsp3) is 0.667. The summed E-state index contributed by atoms with van der Waals surface area (Å²) < 4.78 is 0. The van der Waals surface area contributed by atoms with Gasteiger partial charge >= 0.3 is 0 Å². The van der Waals surface area contributed by atoms with Gasteiger partial charge in [-0.2, -0.15) is 0 Å². The van der Waals surface area contributed by atoms with Crippen molar-refractivity contribution in [2.24, 2.45) is 5.92 Å².